The van der Waals surface area contributed by atoms with Crippen LogP contribution in [0.2, 0.25) is 0 Å². The Morgan fingerprint density at radius 2 is 2.20 bits per heavy atom. The second-order valence-corrected chi connectivity index (χ2v) is 2.32. The molecule has 60 valence electrons. The summed E-state index contributed by atoms with van der Waals surface area (Å²) in [5.41, 5.74) is 7.83. The number of hydrazine groups is 1. The molecule has 10 heavy (non-hydrogen) atoms. The zero-order chi connectivity index (χ0) is 7.98. The lowest BCUT2D eigenvalue weighted by molar-refractivity contribution is -0.124. The quantitative estimate of drug-likeness (QED) is 0.515. The van der Waals surface area contributed by atoms with Crippen LogP contribution in [0.4, 0.5) is 0 Å². The monoisotopic (exact) mass is 145 g/mol. The molecule has 0 rings (SSSR count). The molecule has 3 N–H and O–H groups in total. The Bertz CT molecular complexity index is 103. The van der Waals surface area contributed by atoms with E-state index in [1.165, 1.54) is 0 Å². The van der Waals surface area contributed by atoms with E-state index in [9.17, 15) is 4.79 Å². The first kappa shape index (κ1) is 9.39. The van der Waals surface area contributed by atoms with Crippen molar-refractivity contribution in [3.05, 3.63) is 0 Å². The second-order valence-electron chi connectivity index (χ2n) is 2.32. The molecule has 0 saturated carbocycles. The lowest BCUT2D eigenvalue weighted by Gasteiger charge is -2.10. The maximum absolute atomic E-state index is 10.8. The topological polar surface area (TPSA) is 58.4 Å². The fourth-order valence-corrected chi connectivity index (χ4v) is 0.568. The van der Waals surface area contributed by atoms with E-state index in [-0.39, 0.29) is 5.91 Å². The highest BCUT2D eigenvalue weighted by molar-refractivity contribution is 5.75. The molecule has 0 aliphatic carbocycles. The third-order valence-electron chi connectivity index (χ3n) is 0.956. The van der Waals surface area contributed by atoms with Gasteiger partial charge in [0, 0.05) is 20.5 Å². The Hall–Kier alpha value is -0.610. The Morgan fingerprint density at radius 1 is 1.60 bits per heavy atom. The van der Waals surface area contributed by atoms with Crippen LogP contribution >= 0.6 is 0 Å². The number of hydrogen-bond acceptors (Lipinski definition) is 3. The van der Waals surface area contributed by atoms with Crippen molar-refractivity contribution < 1.29 is 4.79 Å². The van der Waals surface area contributed by atoms with E-state index in [4.69, 9.17) is 5.73 Å². The normalized spacial score (nSPS) is 10.0. The van der Waals surface area contributed by atoms with Crippen molar-refractivity contribution in [2.24, 2.45) is 5.73 Å². The molecule has 1 amide bonds. The maximum Gasteiger partial charge on any atom is 0.234 e. The first-order valence-electron chi connectivity index (χ1n) is 3.33. The molecule has 0 spiro atoms. The van der Waals surface area contributed by atoms with Crippen LogP contribution in [-0.2, 0) is 4.79 Å². The summed E-state index contributed by atoms with van der Waals surface area (Å²) in [7, 11) is 3.56. The summed E-state index contributed by atoms with van der Waals surface area (Å²) in [5.74, 6) is 0.0236. The molecule has 0 atom stereocenters. The van der Waals surface area contributed by atoms with E-state index in [0.29, 0.717) is 13.0 Å². The van der Waals surface area contributed by atoms with Gasteiger partial charge in [0.1, 0.15) is 0 Å². The number of amides is 1. The Labute approximate surface area is 61.3 Å². The second kappa shape index (κ2) is 5.20. The average Bonchev–Trinajstić information content (AvgIpc) is 1.82. The molecule has 4 heteroatoms. The molecule has 0 saturated heterocycles. The zero-order valence-corrected chi connectivity index (χ0v) is 6.55. The van der Waals surface area contributed by atoms with Gasteiger partial charge in [0.05, 0.1) is 0 Å². The zero-order valence-electron chi connectivity index (χ0n) is 6.55. The fourth-order valence-electron chi connectivity index (χ4n) is 0.568. The van der Waals surface area contributed by atoms with Crippen LogP contribution in [0, 0.1) is 0 Å². The van der Waals surface area contributed by atoms with Crippen LogP contribution in [0.1, 0.15) is 12.8 Å². The van der Waals surface area contributed by atoms with E-state index in [1.54, 1.807) is 19.1 Å². The van der Waals surface area contributed by atoms with Crippen LogP contribution in [0.5, 0.6) is 0 Å². The van der Waals surface area contributed by atoms with Gasteiger partial charge in [-0.25, -0.2) is 5.01 Å². The van der Waals surface area contributed by atoms with Crippen molar-refractivity contribution in [3.8, 4) is 0 Å². The van der Waals surface area contributed by atoms with E-state index in [2.05, 4.69) is 5.43 Å². The van der Waals surface area contributed by atoms with E-state index >= 15 is 0 Å². The predicted molar refractivity (Wildman–Crippen MR) is 40.1 cm³/mol. The van der Waals surface area contributed by atoms with Gasteiger partial charge in [-0.15, -0.1) is 0 Å². The smallest absolute Gasteiger partial charge is 0.234 e. The van der Waals surface area contributed by atoms with Crippen molar-refractivity contribution >= 4 is 5.91 Å². The van der Waals surface area contributed by atoms with Gasteiger partial charge < -0.3 is 5.73 Å². The SMILES string of the molecule is CN(C)NC(=O)CCCN. The molecule has 0 aliphatic heterocycles. The van der Waals surface area contributed by atoms with Crippen molar-refractivity contribution in [2.45, 2.75) is 12.8 Å². The van der Waals surface area contributed by atoms with Gasteiger partial charge in [-0.05, 0) is 13.0 Å². The summed E-state index contributed by atoms with van der Waals surface area (Å²) in [5, 5.41) is 1.62. The number of hydrogen-bond donors (Lipinski definition) is 2. The number of carbonyl (C=O) groups excluding carboxylic acids is 1. The third kappa shape index (κ3) is 5.53. The fraction of sp³-hybridized carbons (Fsp3) is 0.833. The van der Waals surface area contributed by atoms with Gasteiger partial charge in [-0.1, -0.05) is 0 Å². The molecule has 0 fully saturated rings. The van der Waals surface area contributed by atoms with Crippen LogP contribution in [0.25, 0.3) is 0 Å². The number of rotatable bonds is 4. The van der Waals surface area contributed by atoms with Gasteiger partial charge in [-0.2, -0.15) is 0 Å². The first-order chi connectivity index (χ1) is 4.66. The van der Waals surface area contributed by atoms with Crippen molar-refractivity contribution in [1.29, 1.82) is 0 Å². The molecular weight excluding hydrogens is 130 g/mol. The number of carbonyl (C=O) groups is 1. The van der Waals surface area contributed by atoms with Gasteiger partial charge >= 0.3 is 0 Å². The van der Waals surface area contributed by atoms with Crippen LogP contribution in [-0.4, -0.2) is 31.6 Å². The molecule has 0 unspecified atom stereocenters. The summed E-state index contributed by atoms with van der Waals surface area (Å²) < 4.78 is 0. The number of nitrogens with zero attached hydrogens (tertiary/aromatic N) is 1. The number of nitrogens with two attached hydrogens (primary N) is 1. The molecule has 0 aliphatic rings. The molecule has 0 aromatic rings. The van der Waals surface area contributed by atoms with Gasteiger partial charge in [0.2, 0.25) is 5.91 Å². The van der Waals surface area contributed by atoms with Crippen LogP contribution < -0.4 is 11.2 Å². The van der Waals surface area contributed by atoms with Gasteiger partial charge in [-0.3, -0.25) is 10.2 Å². The highest BCUT2D eigenvalue weighted by Crippen LogP contribution is 1.84. The molecule has 4 nitrogen and oxygen atoms in total. The number of nitrogens with one attached hydrogen (secondary N) is 1. The molecule has 0 radical (unpaired) electrons. The summed E-state index contributed by atoms with van der Waals surface area (Å²) in [6, 6.07) is 0. The van der Waals surface area contributed by atoms with E-state index in [1.807, 2.05) is 0 Å². The van der Waals surface area contributed by atoms with Crippen LogP contribution in [0.3, 0.4) is 0 Å². The summed E-state index contributed by atoms with van der Waals surface area (Å²) in [6.07, 6.45) is 1.26. The minimum Gasteiger partial charge on any atom is -0.330 e. The predicted octanol–water partition coefficient (Wildman–Crippen LogP) is -0.682. The Balaban J connectivity index is 3.26. The highest BCUT2D eigenvalue weighted by Gasteiger charge is 1.98. The summed E-state index contributed by atoms with van der Waals surface area (Å²) in [4.78, 5) is 10.8. The molecule has 0 aromatic carbocycles. The van der Waals surface area contributed by atoms with Crippen molar-refractivity contribution in [3.63, 3.8) is 0 Å². The molecule has 0 bridgehead atoms. The van der Waals surface area contributed by atoms with Crippen LogP contribution in [0.15, 0.2) is 0 Å². The minimum absolute atomic E-state index is 0.0236. The Kier molecular flexibility index (Phi) is 4.88. The van der Waals surface area contributed by atoms with E-state index < -0.39 is 0 Å². The average molecular weight is 145 g/mol. The maximum atomic E-state index is 10.8. The lowest BCUT2D eigenvalue weighted by Crippen LogP contribution is -2.36. The summed E-state index contributed by atoms with van der Waals surface area (Å²) >= 11 is 0. The molecule has 0 aromatic heterocycles. The first-order valence-corrected chi connectivity index (χ1v) is 3.33. The van der Waals surface area contributed by atoms with Crippen molar-refractivity contribution in [2.75, 3.05) is 20.6 Å². The van der Waals surface area contributed by atoms with Crippen molar-refractivity contribution in [1.82, 2.24) is 10.4 Å². The van der Waals surface area contributed by atoms with E-state index in [0.717, 1.165) is 6.42 Å². The highest BCUT2D eigenvalue weighted by atomic mass is 16.2. The minimum atomic E-state index is 0.0236. The van der Waals surface area contributed by atoms with Gasteiger partial charge in [0.25, 0.3) is 0 Å². The van der Waals surface area contributed by atoms with Gasteiger partial charge in [0.15, 0.2) is 0 Å². The largest absolute Gasteiger partial charge is 0.330 e. The molecule has 0 heterocycles. The lowest BCUT2D eigenvalue weighted by atomic mass is 10.3. The Morgan fingerprint density at radius 3 is 2.60 bits per heavy atom. The molecular formula is C6H15N3O. The third-order valence-corrected chi connectivity index (χ3v) is 0.956. The summed E-state index contributed by atoms with van der Waals surface area (Å²) in [6.45, 7) is 0.570. The standard InChI is InChI=1S/C6H15N3O/c1-9(2)8-6(10)4-3-5-7/h3-5,7H2,1-2H3,(H,8,10).